The van der Waals surface area contributed by atoms with Gasteiger partial charge in [-0.3, -0.25) is 0 Å². The Hall–Kier alpha value is -1.99. The van der Waals surface area contributed by atoms with Gasteiger partial charge in [-0.05, 0) is 41.6 Å². The van der Waals surface area contributed by atoms with E-state index in [4.69, 9.17) is 11.0 Å². The van der Waals surface area contributed by atoms with Gasteiger partial charge < -0.3 is 10.6 Å². The summed E-state index contributed by atoms with van der Waals surface area (Å²) in [5, 5.41) is 11.0. The normalized spacial score (nSPS) is 14.1. The number of anilines is 2. The molecule has 0 aliphatic carbocycles. The van der Waals surface area contributed by atoms with Gasteiger partial charge in [-0.25, -0.2) is 0 Å². The summed E-state index contributed by atoms with van der Waals surface area (Å²) in [5.41, 5.74) is 9.49. The smallest absolute Gasteiger partial charge is 0.101 e. The summed E-state index contributed by atoms with van der Waals surface area (Å²) in [6.07, 6.45) is 1.09. The van der Waals surface area contributed by atoms with Crippen molar-refractivity contribution >= 4 is 22.7 Å². The third-order valence-electron chi connectivity index (χ3n) is 3.33. The summed E-state index contributed by atoms with van der Waals surface area (Å²) in [6.45, 7) is 1.95. The fraction of sp³-hybridized carbons (Fsp3) is 0.214. The number of nitrogen functional groups attached to an aromatic ring is 1. The Labute approximate surface area is 110 Å². The average molecular weight is 255 g/mol. The number of nitrogens with zero attached hydrogens (tertiary/aromatic N) is 2. The van der Waals surface area contributed by atoms with Crippen LogP contribution in [0.1, 0.15) is 16.0 Å². The number of fused-ring (bicyclic) bond motifs is 1. The van der Waals surface area contributed by atoms with Crippen LogP contribution in [0, 0.1) is 11.3 Å². The molecule has 2 N–H and O–H groups in total. The summed E-state index contributed by atoms with van der Waals surface area (Å²) in [4.78, 5) is 3.81. The molecule has 0 bridgehead atoms. The number of nitriles is 1. The number of benzene rings is 1. The largest absolute Gasteiger partial charge is 0.398 e. The van der Waals surface area contributed by atoms with Crippen LogP contribution in [0.3, 0.4) is 0 Å². The van der Waals surface area contributed by atoms with Crippen molar-refractivity contribution in [2.75, 3.05) is 17.2 Å². The van der Waals surface area contributed by atoms with Crippen molar-refractivity contribution in [2.24, 2.45) is 0 Å². The van der Waals surface area contributed by atoms with Crippen LogP contribution >= 0.6 is 11.3 Å². The van der Waals surface area contributed by atoms with E-state index in [0.717, 1.165) is 25.2 Å². The van der Waals surface area contributed by atoms with E-state index < -0.39 is 0 Å². The van der Waals surface area contributed by atoms with E-state index in [0.29, 0.717) is 11.3 Å². The zero-order chi connectivity index (χ0) is 12.5. The second-order valence-corrected chi connectivity index (χ2v) is 5.42. The van der Waals surface area contributed by atoms with E-state index in [1.807, 2.05) is 23.5 Å². The van der Waals surface area contributed by atoms with Crippen molar-refractivity contribution in [3.8, 4) is 6.07 Å². The second kappa shape index (κ2) is 4.35. The molecule has 1 aromatic heterocycles. The molecule has 2 aromatic rings. The molecule has 0 unspecified atom stereocenters. The van der Waals surface area contributed by atoms with Gasteiger partial charge in [0.25, 0.3) is 0 Å². The van der Waals surface area contributed by atoms with E-state index in [1.165, 1.54) is 10.4 Å². The van der Waals surface area contributed by atoms with Gasteiger partial charge in [0, 0.05) is 23.7 Å². The number of hydrogen-bond acceptors (Lipinski definition) is 4. The molecule has 18 heavy (non-hydrogen) atoms. The van der Waals surface area contributed by atoms with Gasteiger partial charge in [0.1, 0.15) is 6.07 Å². The standard InChI is InChI=1S/C14H13N3S/c15-8-10-1-2-12(7-13(10)16)17-5-3-14-11(9-17)4-6-18-14/h1-2,4,6-7H,3,5,9,16H2. The summed E-state index contributed by atoms with van der Waals surface area (Å²) >= 11 is 1.84. The highest BCUT2D eigenvalue weighted by atomic mass is 32.1. The summed E-state index contributed by atoms with van der Waals surface area (Å²) in [6, 6.07) is 9.97. The minimum absolute atomic E-state index is 0.548. The second-order valence-electron chi connectivity index (χ2n) is 4.42. The number of thiophene rings is 1. The van der Waals surface area contributed by atoms with E-state index in [-0.39, 0.29) is 0 Å². The lowest BCUT2D eigenvalue weighted by Crippen LogP contribution is -2.29. The number of nitrogens with two attached hydrogens (primary N) is 1. The molecule has 1 aliphatic heterocycles. The predicted molar refractivity (Wildman–Crippen MR) is 74.6 cm³/mol. The molecular formula is C14H13N3S. The first-order chi connectivity index (χ1) is 8.78. The van der Waals surface area contributed by atoms with Crippen LogP contribution in [0.25, 0.3) is 0 Å². The van der Waals surface area contributed by atoms with Gasteiger partial charge in [-0.2, -0.15) is 5.26 Å². The monoisotopic (exact) mass is 255 g/mol. The molecule has 0 radical (unpaired) electrons. The van der Waals surface area contributed by atoms with Crippen LogP contribution in [-0.2, 0) is 13.0 Å². The molecule has 0 fully saturated rings. The molecule has 0 saturated carbocycles. The summed E-state index contributed by atoms with van der Waals surface area (Å²) in [7, 11) is 0. The van der Waals surface area contributed by atoms with Crippen LogP contribution in [0.5, 0.6) is 0 Å². The Kier molecular flexibility index (Phi) is 2.69. The van der Waals surface area contributed by atoms with Crippen molar-refractivity contribution in [3.05, 3.63) is 45.6 Å². The highest BCUT2D eigenvalue weighted by molar-refractivity contribution is 7.10. The highest BCUT2D eigenvalue weighted by Gasteiger charge is 2.17. The van der Waals surface area contributed by atoms with E-state index >= 15 is 0 Å². The Morgan fingerprint density at radius 2 is 2.22 bits per heavy atom. The maximum Gasteiger partial charge on any atom is 0.101 e. The van der Waals surface area contributed by atoms with E-state index in [2.05, 4.69) is 22.4 Å². The maximum absolute atomic E-state index is 8.88. The SMILES string of the molecule is N#Cc1ccc(N2CCc3sccc3C2)cc1N. The fourth-order valence-electron chi connectivity index (χ4n) is 2.32. The first-order valence-electron chi connectivity index (χ1n) is 5.88. The number of hydrogen-bond donors (Lipinski definition) is 1. The van der Waals surface area contributed by atoms with Crippen LogP contribution < -0.4 is 10.6 Å². The molecule has 3 rings (SSSR count). The van der Waals surface area contributed by atoms with Gasteiger partial charge in [-0.1, -0.05) is 0 Å². The molecule has 0 spiro atoms. The van der Waals surface area contributed by atoms with Gasteiger partial charge in [0.2, 0.25) is 0 Å². The van der Waals surface area contributed by atoms with Crippen LogP contribution in [-0.4, -0.2) is 6.54 Å². The molecule has 0 amide bonds. The Morgan fingerprint density at radius 3 is 3.00 bits per heavy atom. The molecule has 4 heteroatoms. The quantitative estimate of drug-likeness (QED) is 0.797. The van der Waals surface area contributed by atoms with Crippen molar-refractivity contribution in [2.45, 2.75) is 13.0 Å². The van der Waals surface area contributed by atoms with Gasteiger partial charge >= 0.3 is 0 Å². The van der Waals surface area contributed by atoms with Crippen LogP contribution in [0.15, 0.2) is 29.6 Å². The van der Waals surface area contributed by atoms with Crippen LogP contribution in [0.4, 0.5) is 11.4 Å². The Balaban J connectivity index is 1.89. The molecule has 1 aliphatic rings. The lowest BCUT2D eigenvalue weighted by Gasteiger charge is -2.29. The average Bonchev–Trinajstić information content (AvgIpc) is 2.85. The topological polar surface area (TPSA) is 53.0 Å². The Bertz CT molecular complexity index is 624. The fourth-order valence-corrected chi connectivity index (χ4v) is 3.21. The van der Waals surface area contributed by atoms with Gasteiger partial charge in [-0.15, -0.1) is 11.3 Å². The minimum atomic E-state index is 0.548. The van der Waals surface area contributed by atoms with E-state index in [9.17, 15) is 0 Å². The zero-order valence-corrected chi connectivity index (χ0v) is 10.7. The van der Waals surface area contributed by atoms with Crippen LogP contribution in [0.2, 0.25) is 0 Å². The first-order valence-corrected chi connectivity index (χ1v) is 6.75. The minimum Gasteiger partial charge on any atom is -0.398 e. The molecule has 0 atom stereocenters. The first kappa shape index (κ1) is 11.1. The summed E-state index contributed by atoms with van der Waals surface area (Å²) < 4.78 is 0. The maximum atomic E-state index is 8.88. The van der Waals surface area contributed by atoms with Crippen molar-refractivity contribution < 1.29 is 0 Å². The molecule has 3 nitrogen and oxygen atoms in total. The third-order valence-corrected chi connectivity index (χ3v) is 4.35. The summed E-state index contributed by atoms with van der Waals surface area (Å²) in [5.74, 6) is 0. The predicted octanol–water partition coefficient (Wildman–Crippen LogP) is 2.76. The molecule has 2 heterocycles. The third kappa shape index (κ3) is 1.83. The van der Waals surface area contributed by atoms with E-state index in [1.54, 1.807) is 6.07 Å². The lowest BCUT2D eigenvalue weighted by atomic mass is 10.1. The highest BCUT2D eigenvalue weighted by Crippen LogP contribution is 2.29. The number of rotatable bonds is 1. The van der Waals surface area contributed by atoms with Crippen molar-refractivity contribution in [1.82, 2.24) is 0 Å². The molecule has 1 aromatic carbocycles. The lowest BCUT2D eigenvalue weighted by molar-refractivity contribution is 0.744. The molecule has 90 valence electrons. The van der Waals surface area contributed by atoms with Gasteiger partial charge in [0.15, 0.2) is 0 Å². The van der Waals surface area contributed by atoms with Crippen molar-refractivity contribution in [3.63, 3.8) is 0 Å². The van der Waals surface area contributed by atoms with Gasteiger partial charge in [0.05, 0.1) is 11.3 Å². The van der Waals surface area contributed by atoms with Crippen molar-refractivity contribution in [1.29, 1.82) is 5.26 Å². The molecular weight excluding hydrogens is 242 g/mol. The molecule has 0 saturated heterocycles. The Morgan fingerprint density at radius 1 is 1.33 bits per heavy atom. The zero-order valence-electron chi connectivity index (χ0n) is 9.89.